The number of methoxy groups -OCH3 is 1. The topological polar surface area (TPSA) is 33.0 Å². The van der Waals surface area contributed by atoms with Gasteiger partial charge in [0.15, 0.2) is 0 Å². The summed E-state index contributed by atoms with van der Waals surface area (Å²) in [7, 11) is 1.57. The molecular formula is C10H7BrClNO. The second kappa shape index (κ2) is 5.04. The van der Waals surface area contributed by atoms with Crippen LogP contribution in [0.25, 0.3) is 6.08 Å². The Kier molecular flexibility index (Phi) is 3.99. The van der Waals surface area contributed by atoms with Crippen molar-refractivity contribution in [1.29, 1.82) is 5.26 Å². The quantitative estimate of drug-likeness (QED) is 0.770. The number of rotatable bonds is 2. The number of benzene rings is 1. The summed E-state index contributed by atoms with van der Waals surface area (Å²) in [5, 5.41) is 9.00. The number of hydrogen-bond acceptors (Lipinski definition) is 2. The molecule has 0 saturated carbocycles. The molecule has 4 heteroatoms. The first-order valence-corrected chi connectivity index (χ1v) is 4.95. The Morgan fingerprint density at radius 1 is 1.57 bits per heavy atom. The van der Waals surface area contributed by atoms with Crippen LogP contribution in [0.5, 0.6) is 5.75 Å². The molecule has 1 rings (SSSR count). The van der Waals surface area contributed by atoms with Gasteiger partial charge in [0, 0.05) is 16.7 Å². The van der Waals surface area contributed by atoms with Gasteiger partial charge in [-0.15, -0.1) is 0 Å². The van der Waals surface area contributed by atoms with Crippen LogP contribution < -0.4 is 4.74 Å². The van der Waals surface area contributed by atoms with Crippen molar-refractivity contribution in [3.05, 3.63) is 33.3 Å². The highest BCUT2D eigenvalue weighted by Crippen LogP contribution is 2.33. The van der Waals surface area contributed by atoms with Gasteiger partial charge in [-0.05, 0) is 34.1 Å². The minimum absolute atomic E-state index is 0.593. The van der Waals surface area contributed by atoms with Gasteiger partial charge in [0.25, 0.3) is 0 Å². The maximum atomic E-state index is 8.41. The van der Waals surface area contributed by atoms with Gasteiger partial charge < -0.3 is 4.74 Å². The summed E-state index contributed by atoms with van der Waals surface area (Å²) in [6.07, 6.45) is 3.02. The Labute approximate surface area is 95.9 Å². The van der Waals surface area contributed by atoms with E-state index in [-0.39, 0.29) is 0 Å². The first-order valence-electron chi connectivity index (χ1n) is 3.78. The Morgan fingerprint density at radius 2 is 2.29 bits per heavy atom. The standard InChI is InChI=1S/C10H7BrClNO/c1-14-10-7(3-2-4-13)5-8(12)6-9(10)11/h2-3,5-6H,1H3. The molecule has 0 radical (unpaired) electrons. The van der Waals surface area contributed by atoms with Gasteiger partial charge in [-0.2, -0.15) is 5.26 Å². The van der Waals surface area contributed by atoms with Gasteiger partial charge in [-0.25, -0.2) is 0 Å². The van der Waals surface area contributed by atoms with Crippen molar-refractivity contribution >= 4 is 33.6 Å². The number of halogens is 2. The fourth-order valence-electron chi connectivity index (χ4n) is 1.05. The Morgan fingerprint density at radius 3 is 2.86 bits per heavy atom. The second-order valence-corrected chi connectivity index (χ2v) is 3.76. The molecule has 0 aromatic heterocycles. The number of allylic oxidation sites excluding steroid dienone is 1. The minimum Gasteiger partial charge on any atom is -0.495 e. The number of nitriles is 1. The van der Waals surface area contributed by atoms with Crippen LogP contribution in [0.1, 0.15) is 5.56 Å². The van der Waals surface area contributed by atoms with E-state index in [0.717, 1.165) is 10.0 Å². The zero-order valence-electron chi connectivity index (χ0n) is 7.42. The van der Waals surface area contributed by atoms with Crippen LogP contribution >= 0.6 is 27.5 Å². The van der Waals surface area contributed by atoms with Crippen molar-refractivity contribution in [2.45, 2.75) is 0 Å². The molecule has 0 amide bonds. The number of nitrogens with zero attached hydrogens (tertiary/aromatic N) is 1. The average Bonchev–Trinajstić information content (AvgIpc) is 2.14. The molecule has 0 saturated heterocycles. The predicted octanol–water partition coefficient (Wildman–Crippen LogP) is 3.65. The van der Waals surface area contributed by atoms with Gasteiger partial charge >= 0.3 is 0 Å². The van der Waals surface area contributed by atoms with Crippen molar-refractivity contribution in [3.63, 3.8) is 0 Å². The molecule has 2 nitrogen and oxygen atoms in total. The van der Waals surface area contributed by atoms with Crippen molar-refractivity contribution in [2.24, 2.45) is 0 Å². The minimum atomic E-state index is 0.593. The van der Waals surface area contributed by atoms with E-state index in [2.05, 4.69) is 15.9 Å². The lowest BCUT2D eigenvalue weighted by Crippen LogP contribution is -1.88. The summed E-state index contributed by atoms with van der Waals surface area (Å²) in [5.74, 6) is 0.668. The van der Waals surface area contributed by atoms with Gasteiger partial charge in [0.2, 0.25) is 0 Å². The van der Waals surface area contributed by atoms with Gasteiger partial charge in [-0.3, -0.25) is 0 Å². The summed E-state index contributed by atoms with van der Waals surface area (Å²) in [6, 6.07) is 5.39. The zero-order chi connectivity index (χ0) is 10.6. The summed E-state index contributed by atoms with van der Waals surface area (Å²) in [4.78, 5) is 0. The molecule has 0 fully saturated rings. The van der Waals surface area contributed by atoms with E-state index in [0.29, 0.717) is 10.8 Å². The fraction of sp³-hybridized carbons (Fsp3) is 0.100. The van der Waals surface area contributed by atoms with Crippen LogP contribution in [-0.2, 0) is 0 Å². The fourth-order valence-corrected chi connectivity index (χ4v) is 2.04. The largest absolute Gasteiger partial charge is 0.495 e. The molecule has 14 heavy (non-hydrogen) atoms. The highest BCUT2D eigenvalue weighted by atomic mass is 79.9. The third-order valence-electron chi connectivity index (χ3n) is 1.58. The van der Waals surface area contributed by atoms with Crippen LogP contribution in [0.2, 0.25) is 5.02 Å². The lowest BCUT2D eigenvalue weighted by atomic mass is 10.2. The van der Waals surface area contributed by atoms with Crippen molar-refractivity contribution < 1.29 is 4.74 Å². The Balaban J connectivity index is 3.26. The van der Waals surface area contributed by atoms with Crippen LogP contribution in [0.4, 0.5) is 0 Å². The van der Waals surface area contributed by atoms with Gasteiger partial charge in [-0.1, -0.05) is 11.6 Å². The summed E-state index contributed by atoms with van der Waals surface area (Å²) in [6.45, 7) is 0. The van der Waals surface area contributed by atoms with E-state index in [1.165, 1.54) is 6.08 Å². The maximum absolute atomic E-state index is 8.41. The zero-order valence-corrected chi connectivity index (χ0v) is 9.76. The third-order valence-corrected chi connectivity index (χ3v) is 2.39. The molecule has 0 spiro atoms. The third kappa shape index (κ3) is 2.50. The van der Waals surface area contributed by atoms with Gasteiger partial charge in [0.1, 0.15) is 5.75 Å². The molecule has 1 aromatic rings. The van der Waals surface area contributed by atoms with Crippen LogP contribution in [0.3, 0.4) is 0 Å². The average molecular weight is 273 g/mol. The molecular weight excluding hydrogens is 265 g/mol. The first kappa shape index (κ1) is 11.1. The molecule has 0 aliphatic carbocycles. The lowest BCUT2D eigenvalue weighted by molar-refractivity contribution is 0.411. The second-order valence-electron chi connectivity index (χ2n) is 2.47. The molecule has 0 heterocycles. The highest BCUT2D eigenvalue weighted by Gasteiger charge is 2.06. The van der Waals surface area contributed by atoms with E-state index in [9.17, 15) is 0 Å². The monoisotopic (exact) mass is 271 g/mol. The molecule has 0 N–H and O–H groups in total. The van der Waals surface area contributed by atoms with E-state index < -0.39 is 0 Å². The normalized spacial score (nSPS) is 10.1. The molecule has 72 valence electrons. The predicted molar refractivity (Wildman–Crippen MR) is 60.4 cm³/mol. The van der Waals surface area contributed by atoms with Crippen molar-refractivity contribution in [1.82, 2.24) is 0 Å². The lowest BCUT2D eigenvalue weighted by Gasteiger charge is -2.07. The SMILES string of the molecule is COc1c(Br)cc(Cl)cc1C=CC#N. The van der Waals surface area contributed by atoms with Crippen LogP contribution in [-0.4, -0.2) is 7.11 Å². The first-order chi connectivity index (χ1) is 6.69. The maximum Gasteiger partial charge on any atom is 0.140 e. The molecule has 0 unspecified atom stereocenters. The van der Waals surface area contributed by atoms with Crippen LogP contribution in [0.15, 0.2) is 22.7 Å². The van der Waals surface area contributed by atoms with Crippen molar-refractivity contribution in [3.8, 4) is 11.8 Å². The van der Waals surface area contributed by atoms with E-state index in [1.54, 1.807) is 25.3 Å². The molecule has 0 atom stereocenters. The number of ether oxygens (including phenoxy) is 1. The van der Waals surface area contributed by atoms with Crippen molar-refractivity contribution in [2.75, 3.05) is 7.11 Å². The smallest absolute Gasteiger partial charge is 0.140 e. The summed E-state index contributed by atoms with van der Waals surface area (Å²) >= 11 is 9.18. The summed E-state index contributed by atoms with van der Waals surface area (Å²) < 4.78 is 5.93. The van der Waals surface area contributed by atoms with Crippen LogP contribution in [0, 0.1) is 11.3 Å². The highest BCUT2D eigenvalue weighted by molar-refractivity contribution is 9.10. The molecule has 0 bridgehead atoms. The molecule has 0 aliphatic rings. The Hall–Kier alpha value is -0.980. The Bertz CT molecular complexity index is 409. The molecule has 1 aromatic carbocycles. The summed E-state index contributed by atoms with van der Waals surface area (Å²) in [5.41, 5.74) is 0.772. The van der Waals surface area contributed by atoms with E-state index >= 15 is 0 Å². The van der Waals surface area contributed by atoms with Gasteiger partial charge in [0.05, 0.1) is 17.7 Å². The van der Waals surface area contributed by atoms with E-state index in [4.69, 9.17) is 21.6 Å². The molecule has 0 aliphatic heterocycles. The van der Waals surface area contributed by atoms with E-state index in [1.807, 2.05) is 6.07 Å². The number of hydrogen-bond donors (Lipinski definition) is 0.